The van der Waals surface area contributed by atoms with Crippen molar-refractivity contribution in [2.24, 2.45) is 0 Å². The lowest BCUT2D eigenvalue weighted by atomic mass is 10.2. The Bertz CT molecular complexity index is 939. The second-order valence-corrected chi connectivity index (χ2v) is 9.57. The molecule has 0 bridgehead atoms. The van der Waals surface area contributed by atoms with Crippen LogP contribution in [-0.4, -0.2) is 168 Å². The van der Waals surface area contributed by atoms with Crippen LogP contribution in [0.1, 0.15) is 0 Å². The second-order valence-electron chi connectivity index (χ2n) is 9.57. The van der Waals surface area contributed by atoms with Crippen molar-refractivity contribution >= 4 is 17.1 Å². The molecule has 0 aliphatic carbocycles. The van der Waals surface area contributed by atoms with E-state index in [0.717, 1.165) is 6.07 Å². The fourth-order valence-electron chi connectivity index (χ4n) is 3.55. The van der Waals surface area contributed by atoms with E-state index in [0.29, 0.717) is 132 Å². The zero-order chi connectivity index (χ0) is 35.5. The van der Waals surface area contributed by atoms with E-state index in [1.165, 1.54) is 12.1 Å². The maximum atomic E-state index is 11.8. The lowest BCUT2D eigenvalue weighted by Gasteiger charge is -2.09. The van der Waals surface area contributed by atoms with Gasteiger partial charge < -0.3 is 57.4 Å². The molecule has 0 saturated heterocycles. The number of hydrogen-bond donors (Lipinski definition) is 1. The Hall–Kier alpha value is -2.69. The van der Waals surface area contributed by atoms with Crippen molar-refractivity contribution in [1.29, 1.82) is 0 Å². The number of nitrogens with one attached hydrogen (secondary N) is 1. The molecule has 0 radical (unpaired) electrons. The number of ether oxygens (including phenoxy) is 11. The summed E-state index contributed by atoms with van der Waals surface area (Å²) < 4.78 is 70.9. The van der Waals surface area contributed by atoms with Crippen molar-refractivity contribution in [1.82, 2.24) is 0 Å². The number of hydrogen-bond acceptors (Lipinski definition) is 16. The molecule has 0 saturated carbocycles. The predicted octanol–water partition coefficient (Wildman–Crippen LogP) is 2.07. The molecule has 49 heavy (non-hydrogen) atoms. The maximum absolute atomic E-state index is 11.8. The van der Waals surface area contributed by atoms with Gasteiger partial charge in [-0.05, 0) is 6.07 Å². The van der Waals surface area contributed by atoms with Crippen LogP contribution in [0, 0.1) is 20.2 Å². The maximum Gasteiger partial charge on any atom is 0.299 e. The topological polar surface area (TPSA) is 200 Å². The molecule has 0 heterocycles. The first kappa shape index (κ1) is 44.3. The van der Waals surface area contributed by atoms with Gasteiger partial charge in [0.15, 0.2) is 0 Å². The van der Waals surface area contributed by atoms with E-state index in [1.807, 2.05) is 0 Å². The first-order valence-corrected chi connectivity index (χ1v) is 16.1. The highest BCUT2D eigenvalue weighted by Gasteiger charge is 2.19. The van der Waals surface area contributed by atoms with Crippen molar-refractivity contribution in [3.63, 3.8) is 0 Å². The van der Waals surface area contributed by atoms with Gasteiger partial charge in [-0.1, -0.05) is 0 Å². The highest BCUT2D eigenvalue weighted by atomic mass is 19.1. The molecule has 1 N–H and O–H groups in total. The Balaban J connectivity index is 1.72. The molecule has 18 nitrogen and oxygen atoms in total. The van der Waals surface area contributed by atoms with Gasteiger partial charge in [-0.15, -0.1) is 0 Å². The third kappa shape index (κ3) is 27.8. The molecule has 0 aliphatic heterocycles. The number of alkyl halides is 1. The third-order valence-electron chi connectivity index (χ3n) is 5.89. The number of nitro benzene ring substituents is 2. The van der Waals surface area contributed by atoms with E-state index in [4.69, 9.17) is 52.1 Å². The van der Waals surface area contributed by atoms with Crippen LogP contribution in [0.25, 0.3) is 0 Å². The van der Waals surface area contributed by atoms with Crippen LogP contribution in [0.2, 0.25) is 0 Å². The summed E-state index contributed by atoms with van der Waals surface area (Å²) in [6.07, 6.45) is 0. The van der Waals surface area contributed by atoms with E-state index in [9.17, 15) is 24.6 Å². The highest BCUT2D eigenvalue weighted by molar-refractivity contribution is 5.65. The van der Waals surface area contributed by atoms with Crippen molar-refractivity contribution in [3.05, 3.63) is 38.4 Å². The summed E-state index contributed by atoms with van der Waals surface area (Å²) in [6, 6.07) is 3.42. The molecule has 0 amide bonds. The van der Waals surface area contributed by atoms with Crippen LogP contribution in [0.5, 0.6) is 0 Å². The van der Waals surface area contributed by atoms with Crippen molar-refractivity contribution in [3.8, 4) is 0 Å². The molecule has 0 atom stereocenters. The summed E-state index contributed by atoms with van der Waals surface area (Å²) in [5.74, 6) is 0. The molecule has 0 aromatic heterocycles. The van der Waals surface area contributed by atoms with Crippen molar-refractivity contribution < 1.29 is 66.3 Å². The number of anilines is 1. The normalized spacial score (nSPS) is 11.3. The molecule has 0 spiro atoms. The van der Waals surface area contributed by atoms with Crippen LogP contribution >= 0.6 is 0 Å². The monoisotopic (exact) mass is 713 g/mol. The van der Waals surface area contributed by atoms with Gasteiger partial charge in [0, 0.05) is 12.6 Å². The summed E-state index contributed by atoms with van der Waals surface area (Å²) in [4.78, 5) is 20.6. The van der Waals surface area contributed by atoms with Crippen molar-refractivity contribution in [2.45, 2.75) is 0 Å². The average molecular weight is 714 g/mol. The lowest BCUT2D eigenvalue weighted by Crippen LogP contribution is -2.16. The Morgan fingerprint density at radius 3 is 1.06 bits per heavy atom. The Morgan fingerprint density at radius 1 is 0.469 bits per heavy atom. The van der Waals surface area contributed by atoms with Gasteiger partial charge in [0.25, 0.3) is 11.4 Å². The second kappa shape index (κ2) is 33.8. The van der Waals surface area contributed by atoms with Gasteiger partial charge in [0.2, 0.25) is 0 Å². The summed E-state index contributed by atoms with van der Waals surface area (Å²) in [5, 5.41) is 24.8. The van der Waals surface area contributed by atoms with Gasteiger partial charge >= 0.3 is 0 Å². The molecule has 1 aromatic rings. The standard InChI is InChI=1S/C30H52FN3O15/c31-3-5-39-7-9-41-11-13-43-15-17-45-19-21-47-23-25-49-26-24-48-22-20-46-18-16-44-14-12-42-10-8-40-6-4-32-29-2-1-28(33(35)36)27-30(29)34(37)38/h1-2,27,32H,3-26H2. The zero-order valence-electron chi connectivity index (χ0n) is 28.1. The molecule has 0 aliphatic rings. The van der Waals surface area contributed by atoms with E-state index < -0.39 is 16.5 Å². The van der Waals surface area contributed by atoms with Gasteiger partial charge in [-0.3, -0.25) is 20.2 Å². The van der Waals surface area contributed by atoms with Crippen LogP contribution in [0.15, 0.2) is 18.2 Å². The van der Waals surface area contributed by atoms with Crippen molar-refractivity contribution in [2.75, 3.05) is 164 Å². The molecule has 19 heteroatoms. The van der Waals surface area contributed by atoms with Crippen LogP contribution in [0.4, 0.5) is 21.5 Å². The number of nitro groups is 2. The van der Waals surface area contributed by atoms with Crippen LogP contribution in [-0.2, 0) is 52.1 Å². The highest BCUT2D eigenvalue weighted by Crippen LogP contribution is 2.28. The molecule has 0 unspecified atom stereocenters. The molecular formula is C30H52FN3O15. The fourth-order valence-corrected chi connectivity index (χ4v) is 3.55. The van der Waals surface area contributed by atoms with Crippen LogP contribution in [0.3, 0.4) is 0 Å². The van der Waals surface area contributed by atoms with E-state index in [1.54, 1.807) is 0 Å². The molecule has 0 fully saturated rings. The first-order valence-electron chi connectivity index (χ1n) is 16.1. The minimum Gasteiger partial charge on any atom is -0.377 e. The predicted molar refractivity (Wildman–Crippen MR) is 173 cm³/mol. The van der Waals surface area contributed by atoms with Gasteiger partial charge in [0.05, 0.1) is 161 Å². The Labute approximate surface area is 285 Å². The SMILES string of the molecule is O=[N+]([O-])c1ccc(NCCOCCOCCOCCOCCOCCOCCOCCOCCOCCOCCOCCF)c([N+](=O)[O-])c1. The van der Waals surface area contributed by atoms with Gasteiger partial charge in [0.1, 0.15) is 12.4 Å². The minimum atomic E-state index is -0.684. The van der Waals surface area contributed by atoms with Gasteiger partial charge in [-0.25, -0.2) is 4.39 Å². The summed E-state index contributed by atoms with van der Waals surface area (Å²) in [7, 11) is 0. The largest absolute Gasteiger partial charge is 0.377 e. The first-order chi connectivity index (χ1) is 24.1. The summed E-state index contributed by atoms with van der Waals surface area (Å²) >= 11 is 0. The number of halogens is 1. The number of nitrogens with zero attached hydrogens (tertiary/aromatic N) is 2. The number of non-ortho nitro benzene ring substituents is 1. The molecule has 1 aromatic carbocycles. The third-order valence-corrected chi connectivity index (χ3v) is 5.89. The molecule has 1 rings (SSSR count). The number of benzene rings is 1. The number of rotatable bonds is 38. The molecule has 284 valence electrons. The van der Waals surface area contributed by atoms with Crippen LogP contribution < -0.4 is 5.32 Å². The van der Waals surface area contributed by atoms with E-state index in [2.05, 4.69) is 5.32 Å². The smallest absolute Gasteiger partial charge is 0.299 e. The lowest BCUT2D eigenvalue weighted by molar-refractivity contribution is -0.393. The fraction of sp³-hybridized carbons (Fsp3) is 0.800. The average Bonchev–Trinajstić information content (AvgIpc) is 3.09. The summed E-state index contributed by atoms with van der Waals surface area (Å²) in [5.41, 5.74) is -0.536. The quantitative estimate of drug-likeness (QED) is 0.0593. The Kier molecular flexibility index (Phi) is 30.6. The van der Waals surface area contributed by atoms with Gasteiger partial charge in [-0.2, -0.15) is 0 Å². The van der Waals surface area contributed by atoms with E-state index >= 15 is 0 Å². The van der Waals surface area contributed by atoms with E-state index in [-0.39, 0.29) is 36.8 Å². The Morgan fingerprint density at radius 2 is 0.776 bits per heavy atom. The molecular weight excluding hydrogens is 661 g/mol. The minimum absolute atomic E-state index is 0.100. The zero-order valence-corrected chi connectivity index (χ0v) is 28.1. The summed E-state index contributed by atoms with van der Waals surface area (Å²) in [6.45, 7) is 8.89.